The quantitative estimate of drug-likeness (QED) is 0.819. The van der Waals surface area contributed by atoms with Crippen molar-refractivity contribution in [3.05, 3.63) is 11.1 Å². The third-order valence-electron chi connectivity index (χ3n) is 2.50. The second-order valence-electron chi connectivity index (χ2n) is 4.33. The summed E-state index contributed by atoms with van der Waals surface area (Å²) in [6, 6.07) is 0. The van der Waals surface area contributed by atoms with Gasteiger partial charge in [-0.25, -0.2) is 4.98 Å². The Bertz CT molecular complexity index is 515. The highest BCUT2D eigenvalue weighted by molar-refractivity contribution is 7.14. The predicted octanol–water partition coefficient (Wildman–Crippen LogP) is 0.983. The first-order chi connectivity index (χ1) is 9.35. The molecule has 0 fully saturated rings. The molecule has 0 saturated carbocycles. The monoisotopic (exact) mass is 299 g/mol. The average molecular weight is 299 g/mol. The zero-order chi connectivity index (χ0) is 15.3. The molecule has 0 aliphatic heterocycles. The van der Waals surface area contributed by atoms with E-state index in [0.29, 0.717) is 5.13 Å². The van der Waals surface area contributed by atoms with Gasteiger partial charge in [0, 0.05) is 25.9 Å². The van der Waals surface area contributed by atoms with Gasteiger partial charge in [-0.05, 0) is 0 Å². The van der Waals surface area contributed by atoms with Crippen LogP contribution >= 0.6 is 11.3 Å². The number of hydrogen-bond acceptors (Lipinski definition) is 6. The van der Waals surface area contributed by atoms with Crippen molar-refractivity contribution in [2.24, 2.45) is 5.92 Å². The fourth-order valence-electron chi connectivity index (χ4n) is 1.54. The van der Waals surface area contributed by atoms with Crippen LogP contribution in [0, 0.1) is 5.92 Å². The first-order valence-electron chi connectivity index (χ1n) is 5.91. The number of methoxy groups -OCH3 is 1. The summed E-state index contributed by atoms with van der Waals surface area (Å²) in [6.45, 7) is 3.28. The number of anilines is 1. The van der Waals surface area contributed by atoms with Gasteiger partial charge in [-0.2, -0.15) is 0 Å². The lowest BCUT2D eigenvalue weighted by Crippen LogP contribution is -2.34. The van der Waals surface area contributed by atoms with Crippen LogP contribution in [0.25, 0.3) is 0 Å². The number of aromatic nitrogens is 1. The Morgan fingerprint density at radius 1 is 1.50 bits per heavy atom. The van der Waals surface area contributed by atoms with Crippen molar-refractivity contribution in [2.75, 3.05) is 26.0 Å². The van der Waals surface area contributed by atoms with E-state index in [1.54, 1.807) is 19.4 Å². The molecule has 20 heavy (non-hydrogen) atoms. The minimum Gasteiger partial charge on any atom is -0.469 e. The molecule has 8 heteroatoms. The van der Waals surface area contributed by atoms with E-state index in [4.69, 9.17) is 0 Å². The third kappa shape index (κ3) is 4.30. The van der Waals surface area contributed by atoms with Crippen LogP contribution in [-0.2, 0) is 14.3 Å². The molecule has 1 atom stereocenters. The largest absolute Gasteiger partial charge is 0.469 e. The Labute approximate surface area is 120 Å². The Balaban J connectivity index is 2.67. The van der Waals surface area contributed by atoms with Gasteiger partial charge >= 0.3 is 5.97 Å². The van der Waals surface area contributed by atoms with Gasteiger partial charge in [-0.1, -0.05) is 6.92 Å². The molecular weight excluding hydrogens is 282 g/mol. The second kappa shape index (κ2) is 6.99. The molecule has 0 spiro atoms. The lowest BCUT2D eigenvalue weighted by molar-refractivity contribution is -0.145. The Hall–Kier alpha value is -1.96. The summed E-state index contributed by atoms with van der Waals surface area (Å²) in [5, 5.41) is 4.44. The fraction of sp³-hybridized carbons (Fsp3) is 0.500. The zero-order valence-corrected chi connectivity index (χ0v) is 12.6. The van der Waals surface area contributed by atoms with Gasteiger partial charge in [0.05, 0.1) is 13.0 Å². The molecule has 1 rings (SSSR count). The standard InChI is InChI=1S/C12H17N3O4S/c1-7(11(18)19-4)5-15(3)10(17)9-6-20-12(14-9)13-8(2)16/h6-7H,5H2,1-4H3,(H,13,14,16). The van der Waals surface area contributed by atoms with Crippen molar-refractivity contribution in [2.45, 2.75) is 13.8 Å². The molecule has 0 bridgehead atoms. The molecular formula is C12H17N3O4S. The topological polar surface area (TPSA) is 88.6 Å². The lowest BCUT2D eigenvalue weighted by atomic mass is 10.1. The molecule has 1 aromatic heterocycles. The zero-order valence-electron chi connectivity index (χ0n) is 11.8. The number of esters is 1. The van der Waals surface area contributed by atoms with Crippen molar-refractivity contribution in [1.82, 2.24) is 9.88 Å². The maximum atomic E-state index is 12.1. The number of thiazole rings is 1. The highest BCUT2D eigenvalue weighted by Gasteiger charge is 2.21. The van der Waals surface area contributed by atoms with Crippen molar-refractivity contribution < 1.29 is 19.1 Å². The lowest BCUT2D eigenvalue weighted by Gasteiger charge is -2.19. The van der Waals surface area contributed by atoms with Gasteiger partial charge in [0.15, 0.2) is 5.13 Å². The van der Waals surface area contributed by atoms with Gasteiger partial charge in [0.25, 0.3) is 5.91 Å². The summed E-state index contributed by atoms with van der Waals surface area (Å²) in [5.74, 6) is -1.34. The van der Waals surface area contributed by atoms with E-state index in [1.165, 1.54) is 30.3 Å². The molecule has 7 nitrogen and oxygen atoms in total. The van der Waals surface area contributed by atoms with E-state index in [0.717, 1.165) is 0 Å². The average Bonchev–Trinajstić information content (AvgIpc) is 2.84. The van der Waals surface area contributed by atoms with Crippen molar-refractivity contribution in [3.63, 3.8) is 0 Å². The molecule has 1 unspecified atom stereocenters. The molecule has 1 aromatic rings. The molecule has 0 saturated heterocycles. The Kier molecular flexibility index (Phi) is 5.63. The van der Waals surface area contributed by atoms with E-state index < -0.39 is 5.92 Å². The third-order valence-corrected chi connectivity index (χ3v) is 3.26. The minimum atomic E-state index is -0.414. The molecule has 0 aliphatic rings. The van der Waals surface area contributed by atoms with E-state index in [2.05, 4.69) is 15.0 Å². The first kappa shape index (κ1) is 16.1. The molecule has 0 aromatic carbocycles. The van der Waals surface area contributed by atoms with Crippen molar-refractivity contribution in [1.29, 1.82) is 0 Å². The number of carbonyl (C=O) groups is 3. The molecule has 2 amide bonds. The van der Waals surface area contributed by atoms with E-state index in [-0.39, 0.29) is 30.0 Å². The van der Waals surface area contributed by atoms with Gasteiger partial charge in [0.1, 0.15) is 5.69 Å². The van der Waals surface area contributed by atoms with E-state index >= 15 is 0 Å². The van der Waals surface area contributed by atoms with E-state index in [9.17, 15) is 14.4 Å². The van der Waals surface area contributed by atoms with Gasteiger partial charge < -0.3 is 15.0 Å². The van der Waals surface area contributed by atoms with Crippen LogP contribution in [-0.4, -0.2) is 48.4 Å². The summed E-state index contributed by atoms with van der Waals surface area (Å²) in [5.41, 5.74) is 0.235. The van der Waals surface area contributed by atoms with Crippen LogP contribution in [0.4, 0.5) is 5.13 Å². The number of amides is 2. The number of ether oxygens (including phenoxy) is 1. The summed E-state index contributed by atoms with van der Waals surface area (Å²) < 4.78 is 4.61. The predicted molar refractivity (Wildman–Crippen MR) is 74.6 cm³/mol. The normalized spacial score (nSPS) is 11.6. The summed E-state index contributed by atoms with van der Waals surface area (Å²) in [6.07, 6.45) is 0. The maximum Gasteiger partial charge on any atom is 0.310 e. The highest BCUT2D eigenvalue weighted by Crippen LogP contribution is 2.16. The van der Waals surface area contributed by atoms with Crippen molar-refractivity contribution in [3.8, 4) is 0 Å². The Morgan fingerprint density at radius 2 is 2.15 bits per heavy atom. The fourth-order valence-corrected chi connectivity index (χ4v) is 2.28. The van der Waals surface area contributed by atoms with Gasteiger partial charge in [-0.3, -0.25) is 14.4 Å². The number of rotatable bonds is 5. The van der Waals surface area contributed by atoms with Crippen LogP contribution in [0.15, 0.2) is 5.38 Å². The first-order valence-corrected chi connectivity index (χ1v) is 6.79. The van der Waals surface area contributed by atoms with Crippen molar-refractivity contribution >= 4 is 34.3 Å². The smallest absolute Gasteiger partial charge is 0.310 e. The van der Waals surface area contributed by atoms with Crippen LogP contribution in [0.1, 0.15) is 24.3 Å². The summed E-state index contributed by atoms with van der Waals surface area (Å²) in [7, 11) is 2.89. The highest BCUT2D eigenvalue weighted by atomic mass is 32.1. The number of nitrogens with one attached hydrogen (secondary N) is 1. The molecule has 0 radical (unpaired) electrons. The molecule has 110 valence electrons. The maximum absolute atomic E-state index is 12.1. The molecule has 1 N–H and O–H groups in total. The Morgan fingerprint density at radius 3 is 2.70 bits per heavy atom. The summed E-state index contributed by atoms with van der Waals surface area (Å²) in [4.78, 5) is 39.7. The SMILES string of the molecule is COC(=O)C(C)CN(C)C(=O)c1csc(NC(C)=O)n1. The van der Waals surface area contributed by atoms with Crippen LogP contribution in [0.5, 0.6) is 0 Å². The number of carbonyl (C=O) groups excluding carboxylic acids is 3. The van der Waals surface area contributed by atoms with Crippen LogP contribution in [0.3, 0.4) is 0 Å². The minimum absolute atomic E-state index is 0.235. The number of hydrogen-bond donors (Lipinski definition) is 1. The molecule has 0 aliphatic carbocycles. The second-order valence-corrected chi connectivity index (χ2v) is 5.19. The number of nitrogens with zero attached hydrogens (tertiary/aromatic N) is 2. The van der Waals surface area contributed by atoms with Gasteiger partial charge in [-0.15, -0.1) is 11.3 Å². The summed E-state index contributed by atoms with van der Waals surface area (Å²) >= 11 is 1.17. The van der Waals surface area contributed by atoms with Gasteiger partial charge in [0.2, 0.25) is 5.91 Å². The molecule has 1 heterocycles. The van der Waals surface area contributed by atoms with E-state index in [1.807, 2.05) is 0 Å². The van der Waals surface area contributed by atoms with Crippen LogP contribution < -0.4 is 5.32 Å². The van der Waals surface area contributed by atoms with Crippen LogP contribution in [0.2, 0.25) is 0 Å².